The molecule has 0 aromatic heterocycles. The number of nitrogens with zero attached hydrogens (tertiary/aromatic N) is 1. The van der Waals surface area contributed by atoms with E-state index in [2.05, 4.69) is 32.2 Å². The van der Waals surface area contributed by atoms with Gasteiger partial charge in [-0.25, -0.2) is 0 Å². The maximum Gasteiger partial charge on any atom is 0.306 e. The lowest BCUT2D eigenvalue weighted by molar-refractivity contribution is -0.150. The molecule has 0 bridgehead atoms. The molecule has 0 aliphatic heterocycles. The van der Waals surface area contributed by atoms with Gasteiger partial charge in [0.15, 0.2) is 0 Å². The monoisotopic (exact) mass is 646 g/mol. The van der Waals surface area contributed by atoms with Crippen molar-refractivity contribution in [1.29, 1.82) is 0 Å². The summed E-state index contributed by atoms with van der Waals surface area (Å²) in [6.07, 6.45) is 34.0. The van der Waals surface area contributed by atoms with Crippen molar-refractivity contribution in [3.63, 3.8) is 0 Å². The van der Waals surface area contributed by atoms with Gasteiger partial charge in [0.1, 0.15) is 6.10 Å². The molecule has 0 radical (unpaired) electrons. The van der Waals surface area contributed by atoms with E-state index in [1.54, 1.807) is 0 Å². The molecule has 0 unspecified atom stereocenters. The van der Waals surface area contributed by atoms with Crippen molar-refractivity contribution in [2.75, 3.05) is 33.9 Å². The third-order valence-corrected chi connectivity index (χ3v) is 10.3. The van der Waals surface area contributed by atoms with E-state index in [0.29, 0.717) is 18.3 Å². The highest BCUT2D eigenvalue weighted by Gasteiger charge is 2.18. The number of hydrogen-bond acceptors (Lipinski definition) is 5. The highest BCUT2D eigenvalue weighted by atomic mass is 16.5. The minimum Gasteiger partial charge on any atom is -0.498 e. The first-order chi connectivity index (χ1) is 22.5. The van der Waals surface area contributed by atoms with E-state index >= 15 is 0 Å². The van der Waals surface area contributed by atoms with Crippen LogP contribution in [0.1, 0.15) is 180 Å². The molecule has 0 aromatic carbocycles. The maximum atomic E-state index is 12.5. The van der Waals surface area contributed by atoms with Crippen LogP contribution in [0.25, 0.3) is 0 Å². The number of carbonyl (C=O) groups is 1. The summed E-state index contributed by atoms with van der Waals surface area (Å²) in [5.41, 5.74) is 0. The summed E-state index contributed by atoms with van der Waals surface area (Å²) in [4.78, 5) is 14.7. The Morgan fingerprint density at radius 1 is 0.587 bits per heavy atom. The van der Waals surface area contributed by atoms with Crippen LogP contribution in [0, 0.1) is 11.8 Å². The molecule has 5 nitrogen and oxygen atoms in total. The predicted octanol–water partition coefficient (Wildman–Crippen LogP) is 11.7. The van der Waals surface area contributed by atoms with Crippen LogP contribution in [-0.2, 0) is 19.0 Å². The van der Waals surface area contributed by atoms with Crippen LogP contribution in [0.4, 0.5) is 0 Å². The van der Waals surface area contributed by atoms with Gasteiger partial charge in [-0.2, -0.15) is 0 Å². The zero-order valence-corrected chi connectivity index (χ0v) is 30.6. The Hall–Kier alpha value is -1.49. The number of hydrogen-bond donors (Lipinski definition) is 0. The summed E-state index contributed by atoms with van der Waals surface area (Å²) >= 11 is 0. The quantitative estimate of drug-likeness (QED) is 0.0460. The molecule has 2 aliphatic carbocycles. The van der Waals surface area contributed by atoms with Crippen molar-refractivity contribution < 1.29 is 19.0 Å². The SMILES string of the molecule is C=C(OCCCCCCCCCC(CCCCCCCCCOC(=C)C1CCCCC1)OC(=O)CCCN(C)C)C1CCCCC1. The molecule has 0 spiro atoms. The van der Waals surface area contributed by atoms with Crippen molar-refractivity contribution in [2.45, 2.75) is 186 Å². The Balaban J connectivity index is 1.48. The smallest absolute Gasteiger partial charge is 0.306 e. The van der Waals surface area contributed by atoms with Crippen molar-refractivity contribution in [1.82, 2.24) is 4.90 Å². The van der Waals surface area contributed by atoms with E-state index in [-0.39, 0.29) is 12.1 Å². The van der Waals surface area contributed by atoms with Gasteiger partial charge in [-0.05, 0) is 91.3 Å². The molecule has 0 saturated heterocycles. The van der Waals surface area contributed by atoms with E-state index in [1.807, 2.05) is 0 Å². The molecule has 268 valence electrons. The van der Waals surface area contributed by atoms with E-state index < -0.39 is 0 Å². The fourth-order valence-corrected chi connectivity index (χ4v) is 7.25. The highest BCUT2D eigenvalue weighted by Crippen LogP contribution is 2.30. The number of esters is 1. The molecule has 0 N–H and O–H groups in total. The molecular weight excluding hydrogens is 570 g/mol. The van der Waals surface area contributed by atoms with Crippen LogP contribution in [0.5, 0.6) is 0 Å². The van der Waals surface area contributed by atoms with Crippen LogP contribution >= 0.6 is 0 Å². The van der Waals surface area contributed by atoms with Crippen molar-refractivity contribution in [3.05, 3.63) is 24.7 Å². The van der Waals surface area contributed by atoms with Crippen molar-refractivity contribution in [3.8, 4) is 0 Å². The molecule has 0 amide bonds. The average Bonchev–Trinajstić information content (AvgIpc) is 3.06. The van der Waals surface area contributed by atoms with E-state index in [9.17, 15) is 4.79 Å². The highest BCUT2D eigenvalue weighted by molar-refractivity contribution is 5.69. The van der Waals surface area contributed by atoms with Crippen LogP contribution in [0.2, 0.25) is 0 Å². The molecule has 46 heavy (non-hydrogen) atoms. The topological polar surface area (TPSA) is 48.0 Å². The third kappa shape index (κ3) is 21.4. The Morgan fingerprint density at radius 2 is 0.978 bits per heavy atom. The van der Waals surface area contributed by atoms with Crippen LogP contribution in [0.15, 0.2) is 24.7 Å². The summed E-state index contributed by atoms with van der Waals surface area (Å²) in [6.45, 7) is 11.0. The number of ether oxygens (including phenoxy) is 3. The molecule has 0 heterocycles. The number of carbonyl (C=O) groups excluding carboxylic acids is 1. The third-order valence-electron chi connectivity index (χ3n) is 10.3. The maximum absolute atomic E-state index is 12.5. The van der Waals surface area contributed by atoms with Crippen LogP contribution < -0.4 is 0 Å². The van der Waals surface area contributed by atoms with E-state index in [0.717, 1.165) is 76.2 Å². The van der Waals surface area contributed by atoms with Crippen molar-refractivity contribution >= 4 is 5.97 Å². The number of allylic oxidation sites excluding steroid dienone is 2. The zero-order chi connectivity index (χ0) is 33.1. The zero-order valence-electron chi connectivity index (χ0n) is 30.6. The Morgan fingerprint density at radius 3 is 1.39 bits per heavy atom. The molecule has 5 heteroatoms. The minimum atomic E-state index is -0.00590. The molecule has 2 saturated carbocycles. The van der Waals surface area contributed by atoms with Gasteiger partial charge in [-0.3, -0.25) is 4.79 Å². The van der Waals surface area contributed by atoms with Gasteiger partial charge in [0.2, 0.25) is 0 Å². The second-order valence-corrected chi connectivity index (χ2v) is 14.8. The molecule has 0 aromatic rings. The first-order valence-corrected chi connectivity index (χ1v) is 19.9. The molecule has 0 atom stereocenters. The van der Waals surface area contributed by atoms with Gasteiger partial charge in [0, 0.05) is 18.3 Å². The molecule has 2 aliphatic rings. The predicted molar refractivity (Wildman–Crippen MR) is 195 cm³/mol. The Bertz CT molecular complexity index is 718. The first kappa shape index (κ1) is 40.7. The van der Waals surface area contributed by atoms with Gasteiger partial charge in [-0.1, -0.05) is 116 Å². The van der Waals surface area contributed by atoms with Gasteiger partial charge < -0.3 is 19.1 Å². The summed E-state index contributed by atoms with van der Waals surface area (Å²) in [5, 5.41) is 0. The molecule has 2 rings (SSSR count). The van der Waals surface area contributed by atoms with Gasteiger partial charge in [-0.15, -0.1) is 0 Å². The van der Waals surface area contributed by atoms with Crippen molar-refractivity contribution in [2.24, 2.45) is 11.8 Å². The molecular formula is C41H75NO4. The van der Waals surface area contributed by atoms with Crippen LogP contribution in [-0.4, -0.2) is 50.8 Å². The second kappa shape index (κ2) is 27.5. The lowest BCUT2D eigenvalue weighted by Gasteiger charge is -2.23. The Labute approximate surface area is 285 Å². The Kier molecular flexibility index (Phi) is 24.3. The van der Waals surface area contributed by atoms with E-state index in [1.165, 1.54) is 128 Å². The summed E-state index contributed by atoms with van der Waals surface area (Å²) < 4.78 is 17.9. The molecule has 2 fully saturated rings. The van der Waals surface area contributed by atoms with Gasteiger partial charge in [0.05, 0.1) is 24.7 Å². The van der Waals surface area contributed by atoms with Gasteiger partial charge in [0.25, 0.3) is 0 Å². The first-order valence-electron chi connectivity index (χ1n) is 19.9. The standard InChI is InChI=1S/C41H75NO4/c1-36(38-26-17-15-18-27-38)44-34-23-13-9-5-7-11-21-30-40(46-41(43)32-25-33-42(3)4)31-22-12-8-6-10-14-24-35-45-37(2)39-28-19-16-20-29-39/h38-40H,1-2,5-35H2,3-4H3. The minimum absolute atomic E-state index is 0.00590. The fraction of sp³-hybridized carbons (Fsp3) is 0.878. The normalized spacial score (nSPS) is 16.2. The summed E-state index contributed by atoms with van der Waals surface area (Å²) in [6, 6.07) is 0. The lowest BCUT2D eigenvalue weighted by atomic mass is 9.88. The van der Waals surface area contributed by atoms with E-state index in [4.69, 9.17) is 14.2 Å². The number of unbranched alkanes of at least 4 members (excludes halogenated alkanes) is 12. The second-order valence-electron chi connectivity index (χ2n) is 14.8. The lowest BCUT2D eigenvalue weighted by Crippen LogP contribution is -2.20. The summed E-state index contributed by atoms with van der Waals surface area (Å²) in [7, 11) is 4.11. The van der Waals surface area contributed by atoms with Crippen LogP contribution in [0.3, 0.4) is 0 Å². The average molecular weight is 646 g/mol. The number of rotatable bonds is 29. The fourth-order valence-electron chi connectivity index (χ4n) is 7.25. The largest absolute Gasteiger partial charge is 0.498 e. The summed E-state index contributed by atoms with van der Waals surface area (Å²) in [5.74, 6) is 3.29. The van der Waals surface area contributed by atoms with Gasteiger partial charge >= 0.3 is 5.97 Å².